The van der Waals surface area contributed by atoms with Gasteiger partial charge in [0.15, 0.2) is 17.5 Å². The van der Waals surface area contributed by atoms with E-state index in [2.05, 4.69) is 191 Å². The molecule has 17 aromatic rings. The van der Waals surface area contributed by atoms with Crippen molar-refractivity contribution in [2.45, 2.75) is 0 Å². The van der Waals surface area contributed by atoms with Crippen molar-refractivity contribution in [2.24, 2.45) is 0 Å². The van der Waals surface area contributed by atoms with Crippen LogP contribution in [0.25, 0.3) is 163 Å². The van der Waals surface area contributed by atoms with Gasteiger partial charge in [-0.15, -0.1) is 22.7 Å². The molecule has 0 bridgehead atoms. The van der Waals surface area contributed by atoms with E-state index in [4.69, 9.17) is 15.0 Å². The number of rotatable bonds is 8. The van der Waals surface area contributed by atoms with E-state index < -0.39 is 0 Å². The number of thiophene rings is 2. The van der Waals surface area contributed by atoms with Crippen LogP contribution in [-0.4, -0.2) is 24.1 Å². The van der Waals surface area contributed by atoms with E-state index in [1.165, 1.54) is 40.3 Å². The Hall–Kier alpha value is -11.8. The lowest BCUT2D eigenvalue weighted by atomic mass is 9.99. The van der Waals surface area contributed by atoms with Crippen LogP contribution in [-0.2, 0) is 0 Å². The van der Waals surface area contributed by atoms with Gasteiger partial charge >= 0.3 is 0 Å². The molecule has 0 saturated carbocycles. The summed E-state index contributed by atoms with van der Waals surface area (Å²) in [6, 6.07) is 95.0. The fourth-order valence-electron chi connectivity index (χ4n) is 13.0. The van der Waals surface area contributed by atoms with Gasteiger partial charge in [-0.05, 0) is 149 Å². The summed E-state index contributed by atoms with van der Waals surface area (Å²) < 4.78 is 9.52. The Balaban J connectivity index is 0.974. The first-order chi connectivity index (χ1) is 43.4. The number of nitriles is 3. The highest BCUT2D eigenvalue weighted by Crippen LogP contribution is 2.46. The highest BCUT2D eigenvalue weighted by atomic mass is 32.1. The third kappa shape index (κ3) is 8.19. The molecule has 0 radical (unpaired) electrons. The Bertz CT molecular complexity index is 5650. The van der Waals surface area contributed by atoms with Gasteiger partial charge in [0, 0.05) is 78.6 Å². The molecule has 0 unspecified atom stereocenters. The molecule has 406 valence electrons. The topological polar surface area (TPSA) is 120 Å². The molecule has 0 atom stereocenters. The number of hydrogen-bond acceptors (Lipinski definition) is 8. The van der Waals surface area contributed by atoms with Gasteiger partial charge in [-0.3, -0.25) is 0 Å². The van der Waals surface area contributed by atoms with Crippen molar-refractivity contribution >= 4 is 107 Å². The molecule has 88 heavy (non-hydrogen) atoms. The molecule has 0 fully saturated rings. The third-order valence-corrected chi connectivity index (χ3v) is 19.3. The summed E-state index contributed by atoms with van der Waals surface area (Å²) in [5.74, 6) is 1.35. The normalized spacial score (nSPS) is 11.6. The van der Waals surface area contributed by atoms with E-state index in [0.29, 0.717) is 34.2 Å². The second kappa shape index (κ2) is 20.2. The van der Waals surface area contributed by atoms with Gasteiger partial charge in [-0.1, -0.05) is 140 Å². The molecule has 10 heteroatoms. The summed E-state index contributed by atoms with van der Waals surface area (Å²) in [4.78, 5) is 16.9. The zero-order valence-corrected chi connectivity index (χ0v) is 48.3. The molecule has 0 amide bonds. The lowest BCUT2D eigenvalue weighted by Gasteiger charge is -2.18. The first kappa shape index (κ1) is 50.7. The summed E-state index contributed by atoms with van der Waals surface area (Å²) in [5, 5.41) is 39.7. The van der Waals surface area contributed by atoms with Crippen molar-refractivity contribution < 1.29 is 0 Å². The van der Waals surface area contributed by atoms with Gasteiger partial charge < -0.3 is 9.13 Å². The van der Waals surface area contributed by atoms with Crippen LogP contribution in [0.15, 0.2) is 255 Å². The van der Waals surface area contributed by atoms with Gasteiger partial charge in [-0.2, -0.15) is 15.8 Å². The minimum Gasteiger partial charge on any atom is -0.308 e. The molecule has 0 spiro atoms. The van der Waals surface area contributed by atoms with Crippen LogP contribution in [0.3, 0.4) is 0 Å². The Morgan fingerprint density at radius 1 is 0.261 bits per heavy atom. The highest BCUT2D eigenvalue weighted by molar-refractivity contribution is 7.26. The van der Waals surface area contributed by atoms with Gasteiger partial charge in [0.1, 0.15) is 0 Å². The SMILES string of the molecule is N#Cc1cccc(-c2cccc(-c3nc(-c4ccc(-c5cccc(C#N)c5)cc4-n4c5ccccc5c5cc6c(cc54)sc4ccccc46)nc(-c4ccc(-c5cccc(C#N)c5)cc4-n4c5ccccc5c5cc6c(cc54)sc4ccccc46)n3)c2)c1. The zero-order chi connectivity index (χ0) is 58.6. The molecule has 0 aliphatic heterocycles. The molecular formula is C78H42N8S2. The second-order valence-electron chi connectivity index (χ2n) is 22.1. The molecule has 0 aliphatic rings. The van der Waals surface area contributed by atoms with Gasteiger partial charge in [-0.25, -0.2) is 15.0 Å². The van der Waals surface area contributed by atoms with Crippen LogP contribution < -0.4 is 0 Å². The monoisotopic (exact) mass is 1150 g/mol. The number of aromatic nitrogens is 5. The maximum atomic E-state index is 10.2. The van der Waals surface area contributed by atoms with Crippen LogP contribution >= 0.6 is 22.7 Å². The van der Waals surface area contributed by atoms with Crippen molar-refractivity contribution in [3.05, 3.63) is 271 Å². The van der Waals surface area contributed by atoms with E-state index in [1.54, 1.807) is 22.7 Å². The molecule has 17 rings (SSSR count). The summed E-state index contributed by atoms with van der Waals surface area (Å²) in [7, 11) is 0. The standard InChI is InChI=1S/C78H42N8S2/c79-43-46-13-9-16-49(33-46)52-19-12-20-55(36-52)76-82-77(60-31-29-53(50-17-10-14-47(34-50)44-80)37-68(60)85-66-25-5-1-21-56(66)62-39-64-58-23-3-7-27-72(58)87-74(64)41-70(62)85)84-78(83-76)61-32-30-54(51-18-11-15-48(35-51)45-81)38-69(61)86-67-26-6-2-22-57(67)63-40-65-59-24-4-8-28-73(59)88-75(65)42-71(63)86/h1-42H. The number of hydrogen-bond donors (Lipinski definition) is 0. The molecule has 8 nitrogen and oxygen atoms in total. The third-order valence-electron chi connectivity index (χ3n) is 17.0. The number of para-hydroxylation sites is 2. The molecule has 12 aromatic carbocycles. The Morgan fingerprint density at radius 2 is 0.636 bits per heavy atom. The zero-order valence-electron chi connectivity index (χ0n) is 46.6. The fraction of sp³-hybridized carbons (Fsp3) is 0. The lowest BCUT2D eigenvalue weighted by molar-refractivity contribution is 1.06. The van der Waals surface area contributed by atoms with E-state index in [1.807, 2.05) is 91.0 Å². The summed E-state index contributed by atoms with van der Waals surface area (Å²) in [5.41, 5.74) is 15.2. The Kier molecular flexibility index (Phi) is 11.6. The smallest absolute Gasteiger partial charge is 0.166 e. The second-order valence-corrected chi connectivity index (χ2v) is 24.2. The quantitative estimate of drug-likeness (QED) is 0.149. The molecule has 0 N–H and O–H groups in total. The Morgan fingerprint density at radius 3 is 1.09 bits per heavy atom. The van der Waals surface area contributed by atoms with Crippen LogP contribution in [0.5, 0.6) is 0 Å². The fourth-order valence-corrected chi connectivity index (χ4v) is 15.2. The maximum absolute atomic E-state index is 10.2. The predicted molar refractivity (Wildman–Crippen MR) is 361 cm³/mol. The first-order valence-corrected chi connectivity index (χ1v) is 30.4. The lowest BCUT2D eigenvalue weighted by Crippen LogP contribution is -2.06. The number of fused-ring (bicyclic) bond motifs is 12. The maximum Gasteiger partial charge on any atom is 0.166 e. The average Bonchev–Trinajstić information content (AvgIpc) is 1.65. The van der Waals surface area contributed by atoms with Crippen molar-refractivity contribution in [1.29, 1.82) is 15.8 Å². The average molecular weight is 1160 g/mol. The van der Waals surface area contributed by atoms with E-state index in [9.17, 15) is 15.8 Å². The first-order valence-electron chi connectivity index (χ1n) is 28.8. The molecule has 5 heterocycles. The largest absolute Gasteiger partial charge is 0.308 e. The van der Waals surface area contributed by atoms with Gasteiger partial charge in [0.2, 0.25) is 0 Å². The highest BCUT2D eigenvalue weighted by Gasteiger charge is 2.25. The van der Waals surface area contributed by atoms with Gasteiger partial charge in [0.05, 0.1) is 68.3 Å². The Labute approximate surface area is 511 Å². The molecular weight excluding hydrogens is 1110 g/mol. The van der Waals surface area contributed by atoms with E-state index in [0.717, 1.165) is 105 Å². The predicted octanol–water partition coefficient (Wildman–Crippen LogP) is 20.4. The van der Waals surface area contributed by atoms with Gasteiger partial charge in [0.25, 0.3) is 0 Å². The van der Waals surface area contributed by atoms with E-state index in [-0.39, 0.29) is 0 Å². The van der Waals surface area contributed by atoms with Crippen LogP contribution in [0.2, 0.25) is 0 Å². The minimum absolute atomic E-state index is 0.448. The minimum atomic E-state index is 0.448. The van der Waals surface area contributed by atoms with Crippen molar-refractivity contribution in [2.75, 3.05) is 0 Å². The van der Waals surface area contributed by atoms with Crippen LogP contribution in [0.1, 0.15) is 16.7 Å². The van der Waals surface area contributed by atoms with Crippen LogP contribution in [0, 0.1) is 34.0 Å². The van der Waals surface area contributed by atoms with E-state index >= 15 is 0 Å². The summed E-state index contributed by atoms with van der Waals surface area (Å²) in [6.07, 6.45) is 0. The molecule has 0 aliphatic carbocycles. The molecule has 5 aromatic heterocycles. The number of benzene rings is 12. The van der Waals surface area contributed by atoms with Crippen molar-refractivity contribution in [3.63, 3.8) is 0 Å². The summed E-state index contributed by atoms with van der Waals surface area (Å²) in [6.45, 7) is 0. The van der Waals surface area contributed by atoms with Crippen LogP contribution in [0.4, 0.5) is 0 Å². The molecule has 0 saturated heterocycles. The summed E-state index contributed by atoms with van der Waals surface area (Å²) >= 11 is 3.58. The van der Waals surface area contributed by atoms with Crippen molar-refractivity contribution in [1.82, 2.24) is 24.1 Å². The van der Waals surface area contributed by atoms with Crippen molar-refractivity contribution in [3.8, 4) is 97.1 Å². The number of nitrogens with zero attached hydrogens (tertiary/aromatic N) is 8.